The molecule has 0 saturated heterocycles. The molecule has 0 aliphatic carbocycles. The number of carbonyl (C=O) groups excluding carboxylic acids is 1. The van der Waals surface area contributed by atoms with E-state index in [1.54, 1.807) is 29.9 Å². The van der Waals surface area contributed by atoms with Gasteiger partial charge in [-0.05, 0) is 6.07 Å². The number of nitrogens with zero attached hydrogens (tertiary/aromatic N) is 2. The fourth-order valence-electron chi connectivity index (χ4n) is 2.35. The van der Waals surface area contributed by atoms with Gasteiger partial charge in [-0.2, -0.15) is 0 Å². The molecule has 0 spiro atoms. The molecule has 4 rings (SSSR count). The lowest BCUT2D eigenvalue weighted by atomic mass is 10.1. The average molecular weight is 298 g/mol. The first-order chi connectivity index (χ1) is 10.6. The first-order valence-electron chi connectivity index (χ1n) is 6.53. The predicted molar refractivity (Wildman–Crippen MR) is 75.2 cm³/mol. The number of aromatic nitrogens is 2. The van der Waals surface area contributed by atoms with Crippen LogP contribution in [0.15, 0.2) is 39.8 Å². The van der Waals surface area contributed by atoms with Gasteiger partial charge >= 0.3 is 0 Å². The molecule has 1 aliphatic heterocycles. The fourth-order valence-corrected chi connectivity index (χ4v) is 2.35. The average Bonchev–Trinajstić information content (AvgIpc) is 3.12. The Morgan fingerprint density at radius 2 is 2.00 bits per heavy atom. The highest BCUT2D eigenvalue weighted by Gasteiger charge is 2.21. The summed E-state index contributed by atoms with van der Waals surface area (Å²) in [5.41, 5.74) is -0.0496. The van der Waals surface area contributed by atoms with Crippen molar-refractivity contribution < 1.29 is 18.7 Å². The normalized spacial score (nSPS) is 12.8. The number of rotatable bonds is 2. The zero-order valence-corrected chi connectivity index (χ0v) is 11.5. The smallest absolute Gasteiger partial charge is 0.263 e. The van der Waals surface area contributed by atoms with E-state index in [9.17, 15) is 9.59 Å². The predicted octanol–water partition coefficient (Wildman–Crippen LogP) is 1.49. The van der Waals surface area contributed by atoms with E-state index in [1.165, 1.54) is 12.3 Å². The van der Waals surface area contributed by atoms with Gasteiger partial charge < -0.3 is 18.5 Å². The summed E-state index contributed by atoms with van der Waals surface area (Å²) in [6, 6.07) is 4.27. The minimum absolute atomic E-state index is 0.0642. The van der Waals surface area contributed by atoms with Crippen LogP contribution >= 0.6 is 0 Å². The van der Waals surface area contributed by atoms with Crippen LogP contribution in [0.1, 0.15) is 16.4 Å². The van der Waals surface area contributed by atoms with E-state index >= 15 is 0 Å². The van der Waals surface area contributed by atoms with Crippen LogP contribution in [0.3, 0.4) is 0 Å². The van der Waals surface area contributed by atoms with Crippen molar-refractivity contribution in [1.82, 2.24) is 9.55 Å². The Morgan fingerprint density at radius 3 is 2.73 bits per heavy atom. The van der Waals surface area contributed by atoms with E-state index < -0.39 is 5.78 Å². The summed E-state index contributed by atoms with van der Waals surface area (Å²) in [5.74, 6) is 0.651. The quantitative estimate of drug-likeness (QED) is 0.666. The Bertz CT molecular complexity index is 970. The van der Waals surface area contributed by atoms with Crippen molar-refractivity contribution >= 4 is 16.8 Å². The van der Waals surface area contributed by atoms with Crippen molar-refractivity contribution in [3.8, 4) is 11.5 Å². The molecule has 7 heteroatoms. The van der Waals surface area contributed by atoms with Crippen molar-refractivity contribution in [2.75, 3.05) is 6.79 Å². The summed E-state index contributed by atoms with van der Waals surface area (Å²) in [4.78, 5) is 28.6. The fraction of sp³-hybridized carbons (Fsp3) is 0.133. The van der Waals surface area contributed by atoms with E-state index in [2.05, 4.69) is 4.98 Å². The Balaban J connectivity index is 1.90. The maximum absolute atomic E-state index is 12.4. The Morgan fingerprint density at radius 1 is 1.23 bits per heavy atom. The second kappa shape index (κ2) is 4.45. The zero-order valence-electron chi connectivity index (χ0n) is 11.5. The molecule has 7 nitrogen and oxygen atoms in total. The highest BCUT2D eigenvalue weighted by atomic mass is 16.7. The van der Waals surface area contributed by atoms with Crippen LogP contribution in [0.5, 0.6) is 11.5 Å². The molecule has 1 aromatic carbocycles. The number of fused-ring (bicyclic) bond motifs is 2. The number of hydrogen-bond donors (Lipinski definition) is 0. The van der Waals surface area contributed by atoms with Crippen LogP contribution in [-0.4, -0.2) is 22.1 Å². The van der Waals surface area contributed by atoms with Gasteiger partial charge in [0.15, 0.2) is 28.5 Å². The maximum Gasteiger partial charge on any atom is 0.263 e. The third-order valence-corrected chi connectivity index (χ3v) is 3.47. The minimum Gasteiger partial charge on any atom is -0.454 e. The summed E-state index contributed by atoms with van der Waals surface area (Å²) < 4.78 is 17.6. The van der Waals surface area contributed by atoms with Crippen molar-refractivity contribution in [2.24, 2.45) is 7.05 Å². The van der Waals surface area contributed by atoms with Crippen LogP contribution in [0.4, 0.5) is 0 Å². The molecule has 3 aromatic rings. The highest BCUT2D eigenvalue weighted by molar-refractivity contribution is 6.05. The maximum atomic E-state index is 12.4. The van der Waals surface area contributed by atoms with Gasteiger partial charge in [0.05, 0.1) is 5.39 Å². The molecule has 0 radical (unpaired) electrons. The van der Waals surface area contributed by atoms with Gasteiger partial charge in [0.2, 0.25) is 6.79 Å². The van der Waals surface area contributed by atoms with Crippen molar-refractivity contribution in [2.45, 2.75) is 0 Å². The lowest BCUT2D eigenvalue weighted by Crippen LogP contribution is -2.12. The van der Waals surface area contributed by atoms with Crippen LogP contribution in [0.25, 0.3) is 11.0 Å². The number of hydrogen-bond acceptors (Lipinski definition) is 6. The van der Waals surface area contributed by atoms with Crippen molar-refractivity contribution in [1.29, 1.82) is 0 Å². The van der Waals surface area contributed by atoms with Gasteiger partial charge in [0, 0.05) is 31.6 Å². The van der Waals surface area contributed by atoms with E-state index in [1.807, 2.05) is 0 Å². The topological polar surface area (TPSA) is 83.6 Å². The molecule has 110 valence electrons. The van der Waals surface area contributed by atoms with Crippen molar-refractivity contribution in [3.05, 3.63) is 52.4 Å². The lowest BCUT2D eigenvalue weighted by Gasteiger charge is -2.04. The number of imidazole rings is 1. The lowest BCUT2D eigenvalue weighted by molar-refractivity contribution is 0.0997. The molecule has 1 aliphatic rings. The number of aryl methyl sites for hydroxylation is 1. The number of ketones is 1. The minimum atomic E-state index is -0.454. The second-order valence-corrected chi connectivity index (χ2v) is 4.87. The van der Waals surface area contributed by atoms with Crippen molar-refractivity contribution in [3.63, 3.8) is 0 Å². The van der Waals surface area contributed by atoms with E-state index in [0.717, 1.165) is 0 Å². The highest BCUT2D eigenvalue weighted by Crippen LogP contribution is 2.35. The number of ether oxygens (including phenoxy) is 2. The summed E-state index contributed by atoms with van der Waals surface area (Å²) in [5, 5.41) is 0.334. The molecule has 3 heterocycles. The number of benzene rings is 1. The van der Waals surface area contributed by atoms with Crippen LogP contribution in [-0.2, 0) is 7.05 Å². The van der Waals surface area contributed by atoms with Gasteiger partial charge in [-0.25, -0.2) is 4.98 Å². The molecule has 0 saturated carbocycles. The molecular weight excluding hydrogens is 288 g/mol. The molecule has 0 fully saturated rings. The summed E-state index contributed by atoms with van der Waals surface area (Å²) in [6.07, 6.45) is 3.15. The summed E-state index contributed by atoms with van der Waals surface area (Å²) in [6.45, 7) is 0.0961. The molecule has 2 aromatic heterocycles. The van der Waals surface area contributed by atoms with Crippen LogP contribution in [0.2, 0.25) is 0 Å². The molecule has 0 bridgehead atoms. The molecule has 22 heavy (non-hydrogen) atoms. The van der Waals surface area contributed by atoms with Crippen LogP contribution in [0, 0.1) is 0 Å². The first kappa shape index (κ1) is 12.6. The standard InChI is InChI=1S/C15H10N2O5/c1-17-3-2-16-15(17)14(19)13-5-9(18)8-4-11-12(21-7-20-11)6-10(8)22-13/h2-6H,7H2,1H3. The van der Waals surface area contributed by atoms with E-state index in [0.29, 0.717) is 16.9 Å². The van der Waals surface area contributed by atoms with Gasteiger partial charge in [-0.15, -0.1) is 0 Å². The number of carbonyl (C=O) groups is 1. The Hall–Kier alpha value is -3.09. The SMILES string of the molecule is Cn1ccnc1C(=O)c1cc(=O)c2cc3c(cc2o1)OCO3. The molecule has 0 atom stereocenters. The van der Waals surface area contributed by atoms with E-state index in [-0.39, 0.29) is 29.4 Å². The van der Waals surface area contributed by atoms with E-state index in [4.69, 9.17) is 13.9 Å². The molecular formula is C15H10N2O5. The third kappa shape index (κ3) is 1.79. The first-order valence-corrected chi connectivity index (χ1v) is 6.53. The Kier molecular flexibility index (Phi) is 2.56. The van der Waals surface area contributed by atoms with Gasteiger partial charge in [-0.1, -0.05) is 0 Å². The van der Waals surface area contributed by atoms with Gasteiger partial charge in [0.25, 0.3) is 5.78 Å². The molecule has 0 N–H and O–H groups in total. The molecule has 0 unspecified atom stereocenters. The zero-order chi connectivity index (χ0) is 15.3. The Labute approximate surface area is 123 Å². The van der Waals surface area contributed by atoms with Gasteiger partial charge in [0.1, 0.15) is 5.58 Å². The second-order valence-electron chi connectivity index (χ2n) is 4.87. The summed E-state index contributed by atoms with van der Waals surface area (Å²) in [7, 11) is 1.69. The van der Waals surface area contributed by atoms with Gasteiger partial charge in [-0.3, -0.25) is 9.59 Å². The summed E-state index contributed by atoms with van der Waals surface area (Å²) >= 11 is 0. The largest absolute Gasteiger partial charge is 0.454 e. The molecule has 0 amide bonds. The third-order valence-electron chi connectivity index (χ3n) is 3.47. The van der Waals surface area contributed by atoms with Crippen LogP contribution < -0.4 is 14.9 Å². The monoisotopic (exact) mass is 298 g/mol.